The Morgan fingerprint density at radius 3 is 2.77 bits per heavy atom. The number of pyridine rings is 2. The number of thiocarbonyl (C=S) groups is 1. The van der Waals surface area contributed by atoms with Gasteiger partial charge in [0.05, 0.1) is 16.6 Å². The molecule has 4 N–H and O–H groups in total. The smallest absolute Gasteiger partial charge is 0.252 e. The van der Waals surface area contributed by atoms with Crippen molar-refractivity contribution in [3.63, 3.8) is 0 Å². The molecule has 204 valence electrons. The van der Waals surface area contributed by atoms with E-state index in [2.05, 4.69) is 43.4 Å². The zero-order chi connectivity index (χ0) is 27.4. The highest BCUT2D eigenvalue weighted by Gasteiger charge is 2.25. The van der Waals surface area contributed by atoms with E-state index in [-0.39, 0.29) is 27.9 Å². The Morgan fingerprint density at radius 2 is 2.00 bits per heavy atom. The van der Waals surface area contributed by atoms with Crippen LogP contribution in [0.4, 0.5) is 10.2 Å². The summed E-state index contributed by atoms with van der Waals surface area (Å²) < 4.78 is 14.2. The average Bonchev–Trinajstić information content (AvgIpc) is 3.28. The number of hydrogen-bond donors (Lipinski definition) is 4. The van der Waals surface area contributed by atoms with E-state index in [0.717, 1.165) is 54.5 Å². The minimum atomic E-state index is -0.387. The quantitative estimate of drug-likeness (QED) is 0.250. The molecule has 39 heavy (non-hydrogen) atoms. The number of benzene rings is 1. The molecule has 1 aromatic carbocycles. The number of hydrogen-bond acceptors (Lipinski definition) is 6. The molecule has 1 amide bonds. The molecule has 1 saturated heterocycles. The van der Waals surface area contributed by atoms with Crippen molar-refractivity contribution in [2.75, 3.05) is 25.6 Å². The van der Waals surface area contributed by atoms with E-state index in [1.807, 2.05) is 12.1 Å². The van der Waals surface area contributed by atoms with Crippen LogP contribution < -0.4 is 21.5 Å². The third kappa shape index (κ3) is 6.46. The molecular formula is C28H31ClFN7OS. The number of rotatable bonds is 7. The van der Waals surface area contributed by atoms with Crippen molar-refractivity contribution < 1.29 is 9.18 Å². The molecule has 11 heteroatoms. The number of aryl methyl sites for hydroxylation is 2. The van der Waals surface area contributed by atoms with Crippen LogP contribution in [0.2, 0.25) is 5.02 Å². The number of amides is 1. The van der Waals surface area contributed by atoms with E-state index >= 15 is 0 Å². The van der Waals surface area contributed by atoms with Crippen LogP contribution in [0.15, 0.2) is 48.9 Å². The Balaban J connectivity index is 1.20. The van der Waals surface area contributed by atoms with Crippen molar-refractivity contribution in [3.8, 4) is 0 Å². The minimum Gasteiger partial charge on any atom is -0.352 e. The van der Waals surface area contributed by atoms with Gasteiger partial charge in [-0.25, -0.2) is 9.37 Å². The molecule has 2 aromatic heterocycles. The molecule has 3 aromatic rings. The number of aromatic nitrogens is 2. The summed E-state index contributed by atoms with van der Waals surface area (Å²) in [5, 5.41) is 6.77. The second kappa shape index (κ2) is 12.2. The van der Waals surface area contributed by atoms with Gasteiger partial charge in [0.15, 0.2) is 10.9 Å². The first kappa shape index (κ1) is 27.2. The number of likely N-dealkylation sites (tertiary alicyclic amines) is 1. The molecule has 0 saturated carbocycles. The van der Waals surface area contributed by atoms with Gasteiger partial charge in [-0.2, -0.15) is 0 Å². The summed E-state index contributed by atoms with van der Waals surface area (Å²) in [5.74, 6) is -0.205. The molecule has 2 unspecified atom stereocenters. The second-order valence-corrected chi connectivity index (χ2v) is 10.8. The zero-order valence-electron chi connectivity index (χ0n) is 21.6. The van der Waals surface area contributed by atoms with Gasteiger partial charge in [0.1, 0.15) is 5.82 Å². The number of carbonyl (C=O) groups is 1. The average molecular weight is 568 g/mol. The first-order valence-corrected chi connectivity index (χ1v) is 13.9. The lowest BCUT2D eigenvalue weighted by molar-refractivity contribution is 0.0950. The van der Waals surface area contributed by atoms with Gasteiger partial charge in [0.25, 0.3) is 5.91 Å². The van der Waals surface area contributed by atoms with Gasteiger partial charge in [-0.3, -0.25) is 20.6 Å². The topological polar surface area (TPSA) is 94.2 Å². The van der Waals surface area contributed by atoms with Crippen molar-refractivity contribution in [2.24, 2.45) is 0 Å². The Bertz CT molecular complexity index is 1370. The molecule has 5 rings (SSSR count). The highest BCUT2D eigenvalue weighted by Crippen LogP contribution is 2.32. The SMILES string of the molecule is CN1CCCC1CCNC(=O)c1cnc(NNC(=S)NC2c3cnccc3CCc3ccc(F)cc32)c(Cl)c1. The lowest BCUT2D eigenvalue weighted by atomic mass is 9.96. The standard InChI is InChI=1S/C28H31ClFN7OS/c1-37-12-2-3-21(37)9-11-32-27(38)19-13-24(29)26(33-15-19)35-36-28(39)34-25-22-14-20(30)7-6-17(22)4-5-18-8-10-31-16-23(18)25/h6-8,10,13-16,21,25H,2-5,9,11-12H2,1H3,(H,32,38)(H,33,35)(H2,34,36,39). The molecule has 3 heterocycles. The molecule has 1 aliphatic heterocycles. The summed E-state index contributed by atoms with van der Waals surface area (Å²) in [7, 11) is 2.12. The van der Waals surface area contributed by atoms with Crippen LogP contribution in [-0.4, -0.2) is 52.1 Å². The highest BCUT2D eigenvalue weighted by atomic mass is 35.5. The molecule has 8 nitrogen and oxygen atoms in total. The Kier molecular flexibility index (Phi) is 8.54. The van der Waals surface area contributed by atoms with Crippen LogP contribution in [0.5, 0.6) is 0 Å². The Hall–Kier alpha value is -3.34. The van der Waals surface area contributed by atoms with E-state index in [0.29, 0.717) is 24.0 Å². The van der Waals surface area contributed by atoms with Gasteiger partial charge < -0.3 is 15.5 Å². The van der Waals surface area contributed by atoms with Crippen molar-refractivity contribution in [1.82, 2.24) is 30.9 Å². The number of carbonyl (C=O) groups excluding carboxylic acids is 1. The lowest BCUT2D eigenvalue weighted by Crippen LogP contribution is -2.41. The number of nitrogens with one attached hydrogen (secondary N) is 4. The highest BCUT2D eigenvalue weighted by molar-refractivity contribution is 7.80. The number of halogens is 2. The monoisotopic (exact) mass is 567 g/mol. The molecule has 0 radical (unpaired) electrons. The van der Waals surface area contributed by atoms with Crippen LogP contribution in [0.3, 0.4) is 0 Å². The van der Waals surface area contributed by atoms with E-state index in [1.54, 1.807) is 24.5 Å². The third-order valence-corrected chi connectivity index (χ3v) is 7.96. The van der Waals surface area contributed by atoms with Gasteiger partial charge in [0.2, 0.25) is 0 Å². The Labute approximate surface area is 237 Å². The zero-order valence-corrected chi connectivity index (χ0v) is 23.2. The maximum absolute atomic E-state index is 14.2. The van der Waals surface area contributed by atoms with Crippen molar-refractivity contribution >= 4 is 40.7 Å². The molecule has 0 bridgehead atoms. The van der Waals surface area contributed by atoms with Gasteiger partial charge in [-0.05, 0) is 98.9 Å². The number of anilines is 1. The van der Waals surface area contributed by atoms with Crippen molar-refractivity contribution in [2.45, 2.75) is 44.2 Å². The van der Waals surface area contributed by atoms with Crippen LogP contribution in [0, 0.1) is 5.82 Å². The molecule has 2 aliphatic rings. The summed E-state index contributed by atoms with van der Waals surface area (Å²) >= 11 is 12.0. The van der Waals surface area contributed by atoms with Crippen LogP contribution in [0.25, 0.3) is 0 Å². The molecule has 0 spiro atoms. The lowest BCUT2D eigenvalue weighted by Gasteiger charge is -2.23. The second-order valence-electron chi connectivity index (χ2n) is 9.95. The van der Waals surface area contributed by atoms with Crippen LogP contribution >= 0.6 is 23.8 Å². The maximum atomic E-state index is 14.2. The van der Waals surface area contributed by atoms with E-state index in [1.165, 1.54) is 18.7 Å². The third-order valence-electron chi connectivity index (χ3n) is 7.45. The number of hydrazine groups is 1. The fraction of sp³-hybridized carbons (Fsp3) is 0.357. The summed E-state index contributed by atoms with van der Waals surface area (Å²) in [5.41, 5.74) is 10.1. The first-order valence-electron chi connectivity index (χ1n) is 13.1. The first-order chi connectivity index (χ1) is 18.9. The van der Waals surface area contributed by atoms with Gasteiger partial charge in [0, 0.05) is 36.7 Å². The predicted molar refractivity (Wildman–Crippen MR) is 154 cm³/mol. The molecule has 2 atom stereocenters. The summed E-state index contributed by atoms with van der Waals surface area (Å²) in [4.78, 5) is 23.5. The number of nitrogens with zero attached hydrogens (tertiary/aromatic N) is 3. The van der Waals surface area contributed by atoms with Crippen molar-refractivity contribution in [1.29, 1.82) is 0 Å². The molecule has 1 fully saturated rings. The summed E-state index contributed by atoms with van der Waals surface area (Å²) in [6.45, 7) is 1.70. The minimum absolute atomic E-state index is 0.215. The fourth-order valence-corrected chi connectivity index (χ4v) is 5.70. The Morgan fingerprint density at radius 1 is 1.18 bits per heavy atom. The van der Waals surface area contributed by atoms with E-state index in [9.17, 15) is 9.18 Å². The van der Waals surface area contributed by atoms with Gasteiger partial charge in [-0.15, -0.1) is 0 Å². The van der Waals surface area contributed by atoms with Crippen LogP contribution in [-0.2, 0) is 12.8 Å². The fourth-order valence-electron chi connectivity index (χ4n) is 5.31. The van der Waals surface area contributed by atoms with Gasteiger partial charge >= 0.3 is 0 Å². The molecule has 1 aliphatic carbocycles. The molecular weight excluding hydrogens is 537 g/mol. The largest absolute Gasteiger partial charge is 0.352 e. The van der Waals surface area contributed by atoms with Gasteiger partial charge in [-0.1, -0.05) is 17.7 Å². The summed E-state index contributed by atoms with van der Waals surface area (Å²) in [6, 6.07) is 8.52. The van der Waals surface area contributed by atoms with E-state index in [4.69, 9.17) is 23.8 Å². The maximum Gasteiger partial charge on any atom is 0.252 e. The normalized spacial score (nSPS) is 18.4. The van der Waals surface area contributed by atoms with E-state index < -0.39 is 0 Å². The predicted octanol–water partition coefficient (Wildman–Crippen LogP) is 4.16. The van der Waals surface area contributed by atoms with Crippen molar-refractivity contribution in [3.05, 3.63) is 87.6 Å². The number of fused-ring (bicyclic) bond motifs is 2. The van der Waals surface area contributed by atoms with Crippen LogP contribution in [0.1, 0.15) is 57.9 Å². The summed E-state index contributed by atoms with van der Waals surface area (Å²) in [6.07, 6.45) is 9.91.